The largest absolute Gasteiger partial charge is 0.456 e. The standard InChI is InChI=1S/C15H15N3O4S/c1-2-10-23-11-9-22-15(19)14(17-16)8-5-12-3-6-13(7-4-12)18(20)21/h2-8H,1,9-11H2/b8-5+. The number of benzene rings is 1. The molecule has 0 saturated heterocycles. The van der Waals surface area contributed by atoms with Crippen LogP contribution < -0.4 is 0 Å². The number of ether oxygens (including phenoxy) is 1. The lowest BCUT2D eigenvalue weighted by molar-refractivity contribution is -0.384. The second-order valence-corrected chi connectivity index (χ2v) is 5.32. The van der Waals surface area contributed by atoms with Crippen LogP contribution in [0.1, 0.15) is 5.56 Å². The van der Waals surface area contributed by atoms with Crippen LogP contribution in [0.2, 0.25) is 0 Å². The Morgan fingerprint density at radius 3 is 2.70 bits per heavy atom. The Kier molecular flexibility index (Phi) is 8.06. The molecule has 0 aliphatic carbocycles. The Morgan fingerprint density at radius 1 is 1.43 bits per heavy atom. The van der Waals surface area contributed by atoms with E-state index in [-0.39, 0.29) is 18.0 Å². The molecule has 23 heavy (non-hydrogen) atoms. The Morgan fingerprint density at radius 2 is 2.13 bits per heavy atom. The molecule has 0 aromatic heterocycles. The molecule has 0 aliphatic heterocycles. The first-order valence-corrected chi connectivity index (χ1v) is 7.74. The number of non-ortho nitro benzene ring substituents is 1. The van der Waals surface area contributed by atoms with Crippen LogP contribution in [0, 0.1) is 10.1 Å². The van der Waals surface area contributed by atoms with Gasteiger partial charge in [-0.05, 0) is 23.8 Å². The second-order valence-electron chi connectivity index (χ2n) is 4.17. The molecule has 0 atom stereocenters. The van der Waals surface area contributed by atoms with Crippen molar-refractivity contribution in [3.8, 4) is 0 Å². The summed E-state index contributed by atoms with van der Waals surface area (Å²) in [7, 11) is 0. The van der Waals surface area contributed by atoms with Gasteiger partial charge in [-0.3, -0.25) is 10.1 Å². The van der Waals surface area contributed by atoms with E-state index in [0.29, 0.717) is 11.3 Å². The molecule has 1 rings (SSSR count). The molecule has 0 saturated carbocycles. The van der Waals surface area contributed by atoms with E-state index >= 15 is 0 Å². The maximum absolute atomic E-state index is 11.7. The number of nitrogens with zero attached hydrogens (tertiary/aromatic N) is 3. The van der Waals surface area contributed by atoms with Gasteiger partial charge in [-0.1, -0.05) is 6.08 Å². The fraction of sp³-hybridized carbons (Fsp3) is 0.200. The molecule has 0 N–H and O–H groups in total. The predicted molar refractivity (Wildman–Crippen MR) is 89.2 cm³/mol. The van der Waals surface area contributed by atoms with Gasteiger partial charge in [-0.15, -0.1) is 6.58 Å². The Hall–Kier alpha value is -2.70. The van der Waals surface area contributed by atoms with Gasteiger partial charge >= 0.3 is 11.7 Å². The predicted octanol–water partition coefficient (Wildman–Crippen LogP) is 2.74. The van der Waals surface area contributed by atoms with E-state index < -0.39 is 10.9 Å². The first kappa shape index (κ1) is 18.3. The van der Waals surface area contributed by atoms with Gasteiger partial charge in [0.1, 0.15) is 6.61 Å². The third-order valence-corrected chi connectivity index (χ3v) is 3.48. The minimum Gasteiger partial charge on any atom is -0.456 e. The molecular weight excluding hydrogens is 318 g/mol. The van der Waals surface area contributed by atoms with Crippen LogP contribution in [-0.4, -0.2) is 39.5 Å². The molecule has 120 valence electrons. The molecule has 1 aromatic rings. The minimum absolute atomic E-state index is 0.0327. The average molecular weight is 333 g/mol. The molecule has 0 amide bonds. The molecule has 1 aromatic carbocycles. The van der Waals surface area contributed by atoms with Gasteiger partial charge in [-0.25, -0.2) is 4.79 Å². The smallest absolute Gasteiger partial charge is 0.421 e. The lowest BCUT2D eigenvalue weighted by atomic mass is 10.2. The normalized spacial score (nSPS) is 10.1. The summed E-state index contributed by atoms with van der Waals surface area (Å²) in [6.07, 6.45) is 4.52. The van der Waals surface area contributed by atoms with E-state index in [2.05, 4.69) is 11.4 Å². The molecule has 0 radical (unpaired) electrons. The summed E-state index contributed by atoms with van der Waals surface area (Å²) in [4.78, 5) is 24.6. The second kappa shape index (κ2) is 10.1. The van der Waals surface area contributed by atoms with Crippen LogP contribution >= 0.6 is 11.8 Å². The Balaban J connectivity index is 2.58. The number of hydrogen-bond donors (Lipinski definition) is 0. The monoisotopic (exact) mass is 333 g/mol. The van der Waals surface area contributed by atoms with Gasteiger partial charge in [-0.2, -0.15) is 16.6 Å². The van der Waals surface area contributed by atoms with Crippen LogP contribution in [0.15, 0.2) is 43.0 Å². The van der Waals surface area contributed by atoms with Crippen molar-refractivity contribution in [2.24, 2.45) is 0 Å². The third-order valence-electron chi connectivity index (χ3n) is 2.55. The van der Waals surface area contributed by atoms with Crippen LogP contribution in [0.5, 0.6) is 0 Å². The fourth-order valence-electron chi connectivity index (χ4n) is 1.46. The number of esters is 1. The highest BCUT2D eigenvalue weighted by molar-refractivity contribution is 7.99. The zero-order chi connectivity index (χ0) is 17.1. The highest BCUT2D eigenvalue weighted by Crippen LogP contribution is 2.12. The SMILES string of the molecule is C=CCSCCOC(=O)C(/C=C/c1ccc([N+](=O)[O-])cc1)=[N+]=[N-]. The van der Waals surface area contributed by atoms with E-state index in [9.17, 15) is 14.9 Å². The zero-order valence-corrected chi connectivity index (χ0v) is 13.1. The number of carbonyl (C=O) groups is 1. The van der Waals surface area contributed by atoms with Crippen molar-refractivity contribution in [1.29, 1.82) is 0 Å². The summed E-state index contributed by atoms with van der Waals surface area (Å²) in [6.45, 7) is 3.77. The highest BCUT2D eigenvalue weighted by Gasteiger charge is 2.18. The van der Waals surface area contributed by atoms with Gasteiger partial charge in [0.25, 0.3) is 5.69 Å². The molecule has 8 heteroatoms. The first-order chi connectivity index (χ1) is 11.1. The first-order valence-electron chi connectivity index (χ1n) is 6.59. The van der Waals surface area contributed by atoms with Crippen molar-refractivity contribution >= 4 is 35.2 Å². The minimum atomic E-state index is -0.745. The van der Waals surface area contributed by atoms with E-state index in [1.165, 1.54) is 36.4 Å². The number of nitro benzene ring substituents is 1. The molecule has 0 bridgehead atoms. The zero-order valence-electron chi connectivity index (χ0n) is 12.3. The summed E-state index contributed by atoms with van der Waals surface area (Å²) in [5.41, 5.74) is 9.19. The summed E-state index contributed by atoms with van der Waals surface area (Å²) in [6, 6.07) is 5.71. The van der Waals surface area contributed by atoms with E-state index in [1.54, 1.807) is 17.8 Å². The van der Waals surface area contributed by atoms with Crippen molar-refractivity contribution in [3.63, 3.8) is 0 Å². The van der Waals surface area contributed by atoms with Gasteiger partial charge < -0.3 is 10.3 Å². The summed E-state index contributed by atoms with van der Waals surface area (Å²) in [5.74, 6) is 0.631. The van der Waals surface area contributed by atoms with Crippen LogP contribution in [0.4, 0.5) is 5.69 Å². The summed E-state index contributed by atoms with van der Waals surface area (Å²) in [5, 5.41) is 10.5. The Bertz CT molecular complexity index is 649. The molecule has 0 fully saturated rings. The van der Waals surface area contributed by atoms with Crippen molar-refractivity contribution in [1.82, 2.24) is 0 Å². The number of rotatable bonds is 9. The van der Waals surface area contributed by atoms with Crippen molar-refractivity contribution in [3.05, 3.63) is 64.2 Å². The highest BCUT2D eigenvalue weighted by atomic mass is 32.2. The number of carbonyl (C=O) groups excluding carboxylic acids is 1. The summed E-state index contributed by atoms with van der Waals surface area (Å²) < 4.78 is 4.96. The summed E-state index contributed by atoms with van der Waals surface area (Å²) >= 11 is 1.56. The Labute approximate surface area is 137 Å². The van der Waals surface area contributed by atoms with Gasteiger partial charge in [0, 0.05) is 29.7 Å². The van der Waals surface area contributed by atoms with Crippen LogP contribution in [0.3, 0.4) is 0 Å². The van der Waals surface area contributed by atoms with E-state index in [4.69, 9.17) is 10.3 Å². The quantitative estimate of drug-likeness (QED) is 0.101. The van der Waals surface area contributed by atoms with E-state index in [1.807, 2.05) is 0 Å². The van der Waals surface area contributed by atoms with Gasteiger partial charge in [0.05, 0.1) is 4.92 Å². The lowest BCUT2D eigenvalue weighted by Gasteiger charge is -1.99. The van der Waals surface area contributed by atoms with Crippen LogP contribution in [0.25, 0.3) is 11.6 Å². The molecule has 0 spiro atoms. The van der Waals surface area contributed by atoms with Gasteiger partial charge in [0.15, 0.2) is 0 Å². The molecule has 0 heterocycles. The molecule has 0 aliphatic rings. The topological polar surface area (TPSA) is 106 Å². The number of nitro groups is 1. The molecule has 0 unspecified atom stereocenters. The number of hydrogen-bond acceptors (Lipinski definition) is 5. The number of thioether (sulfide) groups is 1. The maximum atomic E-state index is 11.7. The maximum Gasteiger partial charge on any atom is 0.421 e. The van der Waals surface area contributed by atoms with Crippen molar-refractivity contribution in [2.75, 3.05) is 18.1 Å². The lowest BCUT2D eigenvalue weighted by Crippen LogP contribution is -2.17. The molecule has 7 nitrogen and oxygen atoms in total. The van der Waals surface area contributed by atoms with E-state index in [0.717, 1.165) is 5.75 Å². The van der Waals surface area contributed by atoms with Gasteiger partial charge in [0.2, 0.25) is 0 Å². The average Bonchev–Trinajstić information content (AvgIpc) is 2.55. The molecular formula is C15H15N3O4S. The fourth-order valence-corrected chi connectivity index (χ4v) is 1.99. The third kappa shape index (κ3) is 6.73. The van der Waals surface area contributed by atoms with Crippen molar-refractivity contribution < 1.29 is 19.2 Å². The van der Waals surface area contributed by atoms with Crippen LogP contribution in [-0.2, 0) is 9.53 Å². The van der Waals surface area contributed by atoms with Crippen molar-refractivity contribution in [2.45, 2.75) is 0 Å².